The van der Waals surface area contributed by atoms with Crippen LogP contribution in [0.4, 0.5) is 10.1 Å². The van der Waals surface area contributed by atoms with Gasteiger partial charge in [0.15, 0.2) is 0 Å². The zero-order valence-corrected chi connectivity index (χ0v) is 10.5. The van der Waals surface area contributed by atoms with Crippen LogP contribution in [0, 0.1) is 5.82 Å². The highest BCUT2D eigenvalue weighted by Crippen LogP contribution is 2.23. The standard InChI is InChI=1S/C11H9BrFN3O/c1-16-5-10(14-6-16)11(17)15-9-3-2-7(13)4-8(9)12/h2-6H,1H3,(H,15,17). The topological polar surface area (TPSA) is 46.9 Å². The number of carbonyl (C=O) groups excluding carboxylic acids is 1. The lowest BCUT2D eigenvalue weighted by Crippen LogP contribution is -2.12. The fourth-order valence-electron chi connectivity index (χ4n) is 1.31. The molecule has 1 aromatic carbocycles. The number of hydrogen-bond donors (Lipinski definition) is 1. The minimum atomic E-state index is -0.368. The summed E-state index contributed by atoms with van der Waals surface area (Å²) in [6.07, 6.45) is 3.14. The Hall–Kier alpha value is -1.69. The molecule has 0 saturated heterocycles. The second kappa shape index (κ2) is 4.67. The molecule has 4 nitrogen and oxygen atoms in total. The van der Waals surface area contributed by atoms with E-state index in [1.807, 2.05) is 0 Å². The number of nitrogens with one attached hydrogen (secondary N) is 1. The Morgan fingerprint density at radius 2 is 2.29 bits per heavy atom. The highest BCUT2D eigenvalue weighted by atomic mass is 79.9. The van der Waals surface area contributed by atoms with Gasteiger partial charge in [0.25, 0.3) is 5.91 Å². The number of aromatic nitrogens is 2. The van der Waals surface area contributed by atoms with Crippen molar-refractivity contribution >= 4 is 27.5 Å². The number of benzene rings is 1. The number of aryl methyl sites for hydroxylation is 1. The summed E-state index contributed by atoms with van der Waals surface area (Å²) in [6.45, 7) is 0. The number of amides is 1. The van der Waals surface area contributed by atoms with E-state index in [9.17, 15) is 9.18 Å². The van der Waals surface area contributed by atoms with Gasteiger partial charge in [-0.1, -0.05) is 0 Å². The molecule has 0 atom stereocenters. The molecule has 2 rings (SSSR count). The molecular weight excluding hydrogens is 289 g/mol. The van der Waals surface area contributed by atoms with Gasteiger partial charge in [-0.2, -0.15) is 0 Å². The van der Waals surface area contributed by atoms with E-state index in [0.29, 0.717) is 15.9 Å². The Morgan fingerprint density at radius 3 is 2.88 bits per heavy atom. The predicted octanol–water partition coefficient (Wildman–Crippen LogP) is 2.57. The van der Waals surface area contributed by atoms with Crippen LogP contribution in [0.1, 0.15) is 10.5 Å². The van der Waals surface area contributed by atoms with Crippen molar-refractivity contribution in [2.24, 2.45) is 7.05 Å². The van der Waals surface area contributed by atoms with Crippen molar-refractivity contribution < 1.29 is 9.18 Å². The van der Waals surface area contributed by atoms with Crippen molar-refractivity contribution in [3.63, 3.8) is 0 Å². The lowest BCUT2D eigenvalue weighted by atomic mass is 10.3. The molecule has 0 radical (unpaired) electrons. The van der Waals surface area contributed by atoms with E-state index in [4.69, 9.17) is 0 Å². The zero-order chi connectivity index (χ0) is 12.4. The molecule has 17 heavy (non-hydrogen) atoms. The molecular formula is C11H9BrFN3O. The molecule has 88 valence electrons. The molecule has 1 heterocycles. The van der Waals surface area contributed by atoms with Crippen LogP contribution in [0.15, 0.2) is 35.2 Å². The maximum atomic E-state index is 12.9. The monoisotopic (exact) mass is 297 g/mol. The molecule has 0 unspecified atom stereocenters. The second-order valence-electron chi connectivity index (χ2n) is 3.50. The Kier molecular flexibility index (Phi) is 3.23. The Labute approximate surface area is 106 Å². The lowest BCUT2D eigenvalue weighted by molar-refractivity contribution is 0.102. The number of imidazole rings is 1. The van der Waals surface area contributed by atoms with Gasteiger partial charge in [-0.05, 0) is 34.1 Å². The van der Waals surface area contributed by atoms with Crippen molar-refractivity contribution in [2.45, 2.75) is 0 Å². The third-order valence-corrected chi connectivity index (χ3v) is 2.77. The number of hydrogen-bond acceptors (Lipinski definition) is 2. The molecule has 6 heteroatoms. The Bertz CT molecular complexity index is 568. The molecule has 0 spiro atoms. The van der Waals surface area contributed by atoms with Crippen LogP contribution in [-0.2, 0) is 7.05 Å². The number of carbonyl (C=O) groups is 1. The average Bonchev–Trinajstić information content (AvgIpc) is 2.69. The molecule has 2 aromatic rings. The van der Waals surface area contributed by atoms with E-state index in [1.54, 1.807) is 17.8 Å². The van der Waals surface area contributed by atoms with E-state index < -0.39 is 0 Å². The van der Waals surface area contributed by atoms with Gasteiger partial charge in [-0.3, -0.25) is 4.79 Å². The molecule has 0 aliphatic carbocycles. The first-order valence-corrected chi connectivity index (χ1v) is 5.60. The van der Waals surface area contributed by atoms with Crippen LogP contribution in [0.3, 0.4) is 0 Å². The minimum absolute atomic E-state index is 0.309. The maximum absolute atomic E-state index is 12.9. The van der Waals surface area contributed by atoms with Crippen molar-refractivity contribution in [1.29, 1.82) is 0 Å². The highest BCUT2D eigenvalue weighted by Gasteiger charge is 2.10. The van der Waals surface area contributed by atoms with Gasteiger partial charge in [-0.15, -0.1) is 0 Å². The first-order valence-electron chi connectivity index (χ1n) is 4.80. The van der Waals surface area contributed by atoms with Gasteiger partial charge in [0.05, 0.1) is 12.0 Å². The summed E-state index contributed by atoms with van der Waals surface area (Å²) in [5.41, 5.74) is 0.811. The van der Waals surface area contributed by atoms with Crippen LogP contribution in [0.5, 0.6) is 0 Å². The highest BCUT2D eigenvalue weighted by molar-refractivity contribution is 9.10. The molecule has 1 amide bonds. The van der Waals surface area contributed by atoms with E-state index in [0.717, 1.165) is 0 Å². The average molecular weight is 298 g/mol. The van der Waals surface area contributed by atoms with Crippen molar-refractivity contribution in [2.75, 3.05) is 5.32 Å². The van der Waals surface area contributed by atoms with Crippen molar-refractivity contribution in [3.8, 4) is 0 Å². The first-order chi connectivity index (χ1) is 8.06. The van der Waals surface area contributed by atoms with Crippen LogP contribution in [0.2, 0.25) is 0 Å². The van der Waals surface area contributed by atoms with E-state index in [2.05, 4.69) is 26.2 Å². The largest absolute Gasteiger partial charge is 0.340 e. The quantitative estimate of drug-likeness (QED) is 0.926. The van der Waals surface area contributed by atoms with Gasteiger partial charge in [0, 0.05) is 17.7 Å². The molecule has 1 aromatic heterocycles. The number of halogens is 2. The SMILES string of the molecule is Cn1cnc(C(=O)Nc2ccc(F)cc2Br)c1. The fraction of sp³-hybridized carbons (Fsp3) is 0.0909. The van der Waals surface area contributed by atoms with Crippen LogP contribution in [-0.4, -0.2) is 15.5 Å². The summed E-state index contributed by atoms with van der Waals surface area (Å²) in [7, 11) is 1.78. The van der Waals surface area contributed by atoms with Gasteiger partial charge >= 0.3 is 0 Å². The fourth-order valence-corrected chi connectivity index (χ4v) is 1.76. The van der Waals surface area contributed by atoms with Crippen LogP contribution < -0.4 is 5.32 Å². The van der Waals surface area contributed by atoms with Crippen LogP contribution in [0.25, 0.3) is 0 Å². The molecule has 0 fully saturated rings. The normalized spacial score (nSPS) is 10.3. The van der Waals surface area contributed by atoms with Crippen molar-refractivity contribution in [1.82, 2.24) is 9.55 Å². The number of anilines is 1. The number of rotatable bonds is 2. The zero-order valence-electron chi connectivity index (χ0n) is 8.95. The first kappa shape index (κ1) is 11.8. The Morgan fingerprint density at radius 1 is 1.53 bits per heavy atom. The third-order valence-electron chi connectivity index (χ3n) is 2.12. The Balaban J connectivity index is 2.18. The predicted molar refractivity (Wildman–Crippen MR) is 65.3 cm³/mol. The van der Waals surface area contributed by atoms with E-state index in [1.165, 1.54) is 24.5 Å². The summed E-state index contributed by atoms with van der Waals surface area (Å²) in [4.78, 5) is 15.7. The van der Waals surface area contributed by atoms with Gasteiger partial charge < -0.3 is 9.88 Å². The van der Waals surface area contributed by atoms with Gasteiger partial charge in [0.2, 0.25) is 0 Å². The molecule has 0 aliphatic heterocycles. The summed E-state index contributed by atoms with van der Waals surface area (Å²) in [5.74, 6) is -0.703. The smallest absolute Gasteiger partial charge is 0.275 e. The van der Waals surface area contributed by atoms with E-state index in [-0.39, 0.29) is 11.7 Å². The lowest BCUT2D eigenvalue weighted by Gasteiger charge is -2.05. The van der Waals surface area contributed by atoms with E-state index >= 15 is 0 Å². The number of nitrogens with zero attached hydrogens (tertiary/aromatic N) is 2. The summed E-state index contributed by atoms with van der Waals surface area (Å²) in [6, 6.07) is 4.05. The minimum Gasteiger partial charge on any atom is -0.340 e. The summed E-state index contributed by atoms with van der Waals surface area (Å²) >= 11 is 3.17. The summed E-state index contributed by atoms with van der Waals surface area (Å²) < 4.78 is 15.0. The van der Waals surface area contributed by atoms with Crippen molar-refractivity contribution in [3.05, 3.63) is 46.7 Å². The third kappa shape index (κ3) is 2.71. The second-order valence-corrected chi connectivity index (χ2v) is 4.36. The molecule has 1 N–H and O–H groups in total. The maximum Gasteiger partial charge on any atom is 0.275 e. The van der Waals surface area contributed by atoms with Gasteiger partial charge in [0.1, 0.15) is 11.5 Å². The van der Waals surface area contributed by atoms with Gasteiger partial charge in [-0.25, -0.2) is 9.37 Å². The molecule has 0 aliphatic rings. The molecule has 0 bridgehead atoms. The van der Waals surface area contributed by atoms with Crippen LogP contribution >= 0.6 is 15.9 Å². The summed E-state index contributed by atoms with van der Waals surface area (Å²) in [5, 5.41) is 2.64. The molecule has 0 saturated carbocycles.